The Kier molecular flexibility index (Phi) is 5.33. The zero-order chi connectivity index (χ0) is 13.8. The van der Waals surface area contributed by atoms with Crippen LogP contribution in [-0.4, -0.2) is 19.4 Å². The normalized spacial score (nSPS) is 13.7. The number of halogens is 5. The first-order valence-corrected chi connectivity index (χ1v) is 5.27. The molecule has 0 aliphatic heterocycles. The second kappa shape index (κ2) is 6.33. The minimum atomic E-state index is -4.43. The Morgan fingerprint density at radius 3 is 2.61 bits per heavy atom. The van der Waals surface area contributed by atoms with E-state index in [-0.39, 0.29) is 17.2 Å². The summed E-state index contributed by atoms with van der Waals surface area (Å²) in [5.74, 6) is 4.62. The Morgan fingerprint density at radius 1 is 1.39 bits per heavy atom. The highest BCUT2D eigenvalue weighted by molar-refractivity contribution is 6.31. The maximum absolute atomic E-state index is 13.0. The third-order valence-corrected chi connectivity index (χ3v) is 2.43. The molecule has 0 amide bonds. The molecule has 3 nitrogen and oxygen atoms in total. The Bertz CT molecular complexity index is 400. The summed E-state index contributed by atoms with van der Waals surface area (Å²) in [6, 6.07) is 2.69. The molecule has 0 aliphatic rings. The summed E-state index contributed by atoms with van der Waals surface area (Å²) in [7, 11) is 0. The van der Waals surface area contributed by atoms with Gasteiger partial charge in [-0.05, 0) is 23.8 Å². The number of hydrazine groups is 1. The van der Waals surface area contributed by atoms with Crippen molar-refractivity contribution in [3.8, 4) is 0 Å². The number of alkyl halides is 3. The van der Waals surface area contributed by atoms with Gasteiger partial charge in [0.2, 0.25) is 0 Å². The first kappa shape index (κ1) is 15.2. The fourth-order valence-electron chi connectivity index (χ4n) is 1.30. The fourth-order valence-corrected chi connectivity index (χ4v) is 1.55. The van der Waals surface area contributed by atoms with Gasteiger partial charge in [-0.15, -0.1) is 0 Å². The standard InChI is InChI=1S/C10H11ClF4N2O/c11-8-2-1-6(12)3-7(8)9(17-16)4-18-5-10(13,14)15/h1-3,9,17H,4-5,16H2. The predicted molar refractivity (Wildman–Crippen MR) is 58.3 cm³/mol. The molecule has 1 rings (SSSR count). The topological polar surface area (TPSA) is 47.3 Å². The Hall–Kier alpha value is -0.890. The Balaban J connectivity index is 2.68. The third-order valence-electron chi connectivity index (χ3n) is 2.08. The van der Waals surface area contributed by atoms with Gasteiger partial charge in [0, 0.05) is 5.02 Å². The van der Waals surface area contributed by atoms with Gasteiger partial charge in [0.1, 0.15) is 12.4 Å². The highest BCUT2D eigenvalue weighted by Gasteiger charge is 2.28. The monoisotopic (exact) mass is 286 g/mol. The lowest BCUT2D eigenvalue weighted by molar-refractivity contribution is -0.175. The zero-order valence-electron chi connectivity index (χ0n) is 9.10. The van der Waals surface area contributed by atoms with Crippen LogP contribution in [0.3, 0.4) is 0 Å². The minimum Gasteiger partial charge on any atom is -0.370 e. The molecule has 0 saturated heterocycles. The summed E-state index contributed by atoms with van der Waals surface area (Å²) in [4.78, 5) is 0. The van der Waals surface area contributed by atoms with Gasteiger partial charge < -0.3 is 4.74 Å². The molecule has 1 atom stereocenters. The molecule has 0 fully saturated rings. The van der Waals surface area contributed by atoms with Crippen LogP contribution in [0.25, 0.3) is 0 Å². The first-order valence-electron chi connectivity index (χ1n) is 4.89. The fraction of sp³-hybridized carbons (Fsp3) is 0.400. The van der Waals surface area contributed by atoms with Crippen LogP contribution in [-0.2, 0) is 4.74 Å². The number of nitrogens with one attached hydrogen (secondary N) is 1. The molecule has 0 heterocycles. The van der Waals surface area contributed by atoms with Crippen molar-refractivity contribution in [1.82, 2.24) is 5.43 Å². The Labute approximate surface area is 106 Å². The average Bonchev–Trinajstić information content (AvgIpc) is 2.27. The molecule has 8 heteroatoms. The van der Waals surface area contributed by atoms with Crippen molar-refractivity contribution in [2.75, 3.05) is 13.2 Å². The van der Waals surface area contributed by atoms with Crippen molar-refractivity contribution in [2.45, 2.75) is 12.2 Å². The van der Waals surface area contributed by atoms with Gasteiger partial charge in [0.25, 0.3) is 0 Å². The van der Waals surface area contributed by atoms with E-state index < -0.39 is 24.6 Å². The van der Waals surface area contributed by atoms with E-state index in [0.29, 0.717) is 0 Å². The van der Waals surface area contributed by atoms with Gasteiger partial charge in [-0.1, -0.05) is 11.6 Å². The molecule has 102 valence electrons. The number of hydrogen-bond acceptors (Lipinski definition) is 3. The van der Waals surface area contributed by atoms with E-state index in [0.717, 1.165) is 12.1 Å². The van der Waals surface area contributed by atoms with Crippen LogP contribution >= 0.6 is 11.6 Å². The predicted octanol–water partition coefficient (Wildman–Crippen LogP) is 2.56. The maximum Gasteiger partial charge on any atom is 0.411 e. The second-order valence-electron chi connectivity index (χ2n) is 3.52. The molecule has 1 aromatic carbocycles. The van der Waals surface area contributed by atoms with E-state index >= 15 is 0 Å². The summed E-state index contributed by atoms with van der Waals surface area (Å²) < 4.78 is 53.1. The van der Waals surface area contributed by atoms with E-state index in [1.165, 1.54) is 6.07 Å². The van der Waals surface area contributed by atoms with E-state index in [1.807, 2.05) is 0 Å². The molecule has 1 aromatic rings. The number of rotatable bonds is 5. The number of ether oxygens (including phenoxy) is 1. The lowest BCUT2D eigenvalue weighted by atomic mass is 10.1. The molecule has 0 aliphatic carbocycles. The van der Waals surface area contributed by atoms with Gasteiger partial charge in [0.15, 0.2) is 0 Å². The highest BCUT2D eigenvalue weighted by atomic mass is 35.5. The van der Waals surface area contributed by atoms with Crippen molar-refractivity contribution in [3.05, 3.63) is 34.6 Å². The van der Waals surface area contributed by atoms with Crippen LogP contribution in [0.4, 0.5) is 17.6 Å². The lowest BCUT2D eigenvalue weighted by Crippen LogP contribution is -2.33. The summed E-state index contributed by atoms with van der Waals surface area (Å²) in [6.45, 7) is -1.78. The van der Waals surface area contributed by atoms with E-state index in [1.54, 1.807) is 0 Å². The van der Waals surface area contributed by atoms with Crippen molar-refractivity contribution in [2.24, 2.45) is 5.84 Å². The van der Waals surface area contributed by atoms with Crippen molar-refractivity contribution >= 4 is 11.6 Å². The summed E-state index contributed by atoms with van der Waals surface area (Å²) in [6.07, 6.45) is -4.43. The lowest BCUT2D eigenvalue weighted by Gasteiger charge is -2.18. The molecule has 18 heavy (non-hydrogen) atoms. The summed E-state index contributed by atoms with van der Waals surface area (Å²) >= 11 is 5.80. The minimum absolute atomic E-state index is 0.190. The molecular weight excluding hydrogens is 276 g/mol. The number of nitrogens with two attached hydrogens (primary N) is 1. The van der Waals surface area contributed by atoms with Crippen LogP contribution in [0.1, 0.15) is 11.6 Å². The van der Waals surface area contributed by atoms with Gasteiger partial charge in [-0.2, -0.15) is 13.2 Å². The van der Waals surface area contributed by atoms with Crippen LogP contribution < -0.4 is 11.3 Å². The second-order valence-corrected chi connectivity index (χ2v) is 3.92. The van der Waals surface area contributed by atoms with E-state index in [2.05, 4.69) is 10.2 Å². The largest absolute Gasteiger partial charge is 0.411 e. The van der Waals surface area contributed by atoms with Crippen LogP contribution in [0.5, 0.6) is 0 Å². The summed E-state index contributed by atoms with van der Waals surface area (Å²) in [5, 5.41) is 0.190. The van der Waals surface area contributed by atoms with Crippen LogP contribution in [0, 0.1) is 5.82 Å². The quantitative estimate of drug-likeness (QED) is 0.497. The summed E-state index contributed by atoms with van der Waals surface area (Å²) in [5.41, 5.74) is 2.47. The third kappa shape index (κ3) is 4.77. The van der Waals surface area contributed by atoms with Gasteiger partial charge >= 0.3 is 6.18 Å². The molecule has 3 N–H and O–H groups in total. The highest BCUT2D eigenvalue weighted by Crippen LogP contribution is 2.24. The number of benzene rings is 1. The van der Waals surface area contributed by atoms with E-state index in [9.17, 15) is 17.6 Å². The van der Waals surface area contributed by atoms with Crippen LogP contribution in [0.2, 0.25) is 5.02 Å². The smallest absolute Gasteiger partial charge is 0.370 e. The SMILES string of the molecule is NNC(COCC(F)(F)F)c1cc(F)ccc1Cl. The molecule has 0 spiro atoms. The molecular formula is C10H11ClF4N2O. The average molecular weight is 287 g/mol. The van der Waals surface area contributed by atoms with Crippen molar-refractivity contribution < 1.29 is 22.3 Å². The zero-order valence-corrected chi connectivity index (χ0v) is 9.85. The van der Waals surface area contributed by atoms with Crippen LogP contribution in [0.15, 0.2) is 18.2 Å². The number of hydrogen-bond donors (Lipinski definition) is 2. The van der Waals surface area contributed by atoms with Gasteiger partial charge in [-0.3, -0.25) is 11.3 Å². The van der Waals surface area contributed by atoms with Crippen molar-refractivity contribution in [3.63, 3.8) is 0 Å². The molecule has 0 saturated carbocycles. The van der Waals surface area contributed by atoms with Gasteiger partial charge in [0.05, 0.1) is 12.6 Å². The van der Waals surface area contributed by atoms with E-state index in [4.69, 9.17) is 17.4 Å². The maximum atomic E-state index is 13.0. The molecule has 0 bridgehead atoms. The van der Waals surface area contributed by atoms with Gasteiger partial charge in [-0.25, -0.2) is 4.39 Å². The molecule has 0 radical (unpaired) electrons. The molecule has 0 aromatic heterocycles. The first-order chi connectivity index (χ1) is 8.33. The van der Waals surface area contributed by atoms with Crippen molar-refractivity contribution in [1.29, 1.82) is 0 Å². The Morgan fingerprint density at radius 2 is 2.06 bits per heavy atom. The molecule has 1 unspecified atom stereocenters.